The molecular weight excluding hydrogens is 747 g/mol. The van der Waals surface area contributed by atoms with Crippen LogP contribution in [0.5, 0.6) is 0 Å². The molecule has 0 bridgehead atoms. The Morgan fingerprint density at radius 1 is 0.339 bits per heavy atom. The van der Waals surface area contributed by atoms with Gasteiger partial charge in [-0.1, -0.05) is 187 Å². The molecule has 0 radical (unpaired) electrons. The zero-order valence-corrected chi connectivity index (χ0v) is 36.8. The minimum atomic E-state index is -0.152. The summed E-state index contributed by atoms with van der Waals surface area (Å²) in [5.74, 6) is 0. The molecule has 0 saturated heterocycles. The van der Waals surface area contributed by atoms with Gasteiger partial charge in [-0.15, -0.1) is 0 Å². The lowest BCUT2D eigenvalue weighted by Crippen LogP contribution is -2.33. The van der Waals surface area contributed by atoms with E-state index in [0.717, 1.165) is 11.4 Å². The third kappa shape index (κ3) is 6.12. The Hall–Kier alpha value is -6.70. The third-order valence-electron chi connectivity index (χ3n) is 14.5. The molecule has 2 aliphatic carbocycles. The SMILES string of the molecule is CC1(C)CCC(C)(C)c2cc(-c3ccc(-c4cc5c(cc4N(c4ccccc4)c4ccc(-c6cc7ccccc7c7ccccc67)cc4)C(C)(C)c4ccccc4-5)cc3)ccc21. The number of rotatable bonds is 6. The minimum Gasteiger partial charge on any atom is -0.310 e. The van der Waals surface area contributed by atoms with Gasteiger partial charge in [0.25, 0.3) is 0 Å². The third-order valence-corrected chi connectivity index (χ3v) is 14.5. The zero-order valence-electron chi connectivity index (χ0n) is 36.8. The van der Waals surface area contributed by atoms with Crippen LogP contribution in [0.25, 0.3) is 66.1 Å². The molecule has 11 rings (SSSR count). The number of nitrogens with zero attached hydrogens (tertiary/aromatic N) is 1. The fourth-order valence-electron chi connectivity index (χ4n) is 10.9. The summed E-state index contributed by atoms with van der Waals surface area (Å²) in [6, 6.07) is 70.6. The average molecular weight is 800 g/mol. The summed E-state index contributed by atoms with van der Waals surface area (Å²) < 4.78 is 0. The van der Waals surface area contributed by atoms with Crippen molar-refractivity contribution in [2.24, 2.45) is 0 Å². The molecule has 0 N–H and O–H groups in total. The van der Waals surface area contributed by atoms with Crippen molar-refractivity contribution in [2.45, 2.75) is 70.6 Å². The molecule has 62 heavy (non-hydrogen) atoms. The van der Waals surface area contributed by atoms with Crippen molar-refractivity contribution in [3.05, 3.63) is 210 Å². The minimum absolute atomic E-state index is 0.152. The molecular formula is C61H53N. The summed E-state index contributed by atoms with van der Waals surface area (Å²) in [5.41, 5.74) is 19.4. The van der Waals surface area contributed by atoms with Crippen LogP contribution in [0, 0.1) is 0 Å². The molecule has 302 valence electrons. The Kier molecular flexibility index (Phi) is 8.75. The van der Waals surface area contributed by atoms with E-state index in [-0.39, 0.29) is 16.2 Å². The second-order valence-electron chi connectivity index (χ2n) is 19.6. The first-order valence-electron chi connectivity index (χ1n) is 22.4. The number of anilines is 3. The first-order valence-corrected chi connectivity index (χ1v) is 22.4. The summed E-state index contributed by atoms with van der Waals surface area (Å²) in [6.07, 6.45) is 2.43. The molecule has 0 fully saturated rings. The summed E-state index contributed by atoms with van der Waals surface area (Å²) in [6.45, 7) is 14.4. The molecule has 0 atom stereocenters. The maximum atomic E-state index is 2.49. The van der Waals surface area contributed by atoms with Gasteiger partial charge in [-0.2, -0.15) is 0 Å². The molecule has 0 spiro atoms. The van der Waals surface area contributed by atoms with E-state index in [0.29, 0.717) is 0 Å². The van der Waals surface area contributed by atoms with Crippen molar-refractivity contribution in [1.29, 1.82) is 0 Å². The first-order chi connectivity index (χ1) is 30.0. The predicted molar refractivity (Wildman–Crippen MR) is 265 cm³/mol. The lowest BCUT2D eigenvalue weighted by atomic mass is 9.63. The van der Waals surface area contributed by atoms with E-state index in [1.54, 1.807) is 0 Å². The van der Waals surface area contributed by atoms with Crippen LogP contribution < -0.4 is 4.90 Å². The number of para-hydroxylation sites is 1. The largest absolute Gasteiger partial charge is 0.310 e. The van der Waals surface area contributed by atoms with Gasteiger partial charge in [0.1, 0.15) is 0 Å². The Labute approximate surface area is 367 Å². The average Bonchev–Trinajstić information content (AvgIpc) is 3.53. The van der Waals surface area contributed by atoms with Crippen LogP contribution >= 0.6 is 0 Å². The van der Waals surface area contributed by atoms with E-state index in [9.17, 15) is 0 Å². The van der Waals surface area contributed by atoms with Gasteiger partial charge in [0, 0.05) is 22.4 Å². The molecule has 2 aliphatic rings. The van der Waals surface area contributed by atoms with E-state index in [4.69, 9.17) is 0 Å². The maximum absolute atomic E-state index is 2.49. The van der Waals surface area contributed by atoms with Crippen LogP contribution in [0.4, 0.5) is 17.1 Å². The van der Waals surface area contributed by atoms with Gasteiger partial charge < -0.3 is 4.90 Å². The van der Waals surface area contributed by atoms with Crippen molar-refractivity contribution in [3.8, 4) is 44.5 Å². The highest BCUT2D eigenvalue weighted by Crippen LogP contribution is 2.54. The van der Waals surface area contributed by atoms with Crippen LogP contribution in [0.15, 0.2) is 188 Å². The quantitative estimate of drug-likeness (QED) is 0.151. The van der Waals surface area contributed by atoms with Crippen LogP contribution in [-0.2, 0) is 16.2 Å². The molecule has 0 aromatic heterocycles. The van der Waals surface area contributed by atoms with E-state index >= 15 is 0 Å². The van der Waals surface area contributed by atoms with Gasteiger partial charge in [0.05, 0.1) is 5.69 Å². The number of benzene rings is 9. The van der Waals surface area contributed by atoms with Crippen LogP contribution in [0.2, 0.25) is 0 Å². The Morgan fingerprint density at radius 3 is 1.66 bits per heavy atom. The molecule has 1 heteroatoms. The Bertz CT molecular complexity index is 3180. The normalized spacial score (nSPS) is 15.5. The lowest BCUT2D eigenvalue weighted by molar-refractivity contribution is 0.332. The van der Waals surface area contributed by atoms with Crippen molar-refractivity contribution >= 4 is 38.6 Å². The van der Waals surface area contributed by atoms with Gasteiger partial charge in [-0.25, -0.2) is 0 Å². The van der Waals surface area contributed by atoms with Crippen LogP contribution in [-0.4, -0.2) is 0 Å². The second-order valence-corrected chi connectivity index (χ2v) is 19.6. The first kappa shape index (κ1) is 38.2. The molecule has 9 aromatic carbocycles. The van der Waals surface area contributed by atoms with E-state index in [1.165, 1.54) is 107 Å². The van der Waals surface area contributed by atoms with Crippen molar-refractivity contribution in [3.63, 3.8) is 0 Å². The molecule has 0 saturated carbocycles. The Morgan fingerprint density at radius 2 is 0.903 bits per heavy atom. The van der Waals surface area contributed by atoms with Crippen molar-refractivity contribution in [2.75, 3.05) is 4.90 Å². The van der Waals surface area contributed by atoms with Crippen LogP contribution in [0.1, 0.15) is 76.6 Å². The highest BCUT2D eigenvalue weighted by Gasteiger charge is 2.38. The van der Waals surface area contributed by atoms with Crippen LogP contribution in [0.3, 0.4) is 0 Å². The topological polar surface area (TPSA) is 3.24 Å². The summed E-state index contributed by atoms with van der Waals surface area (Å²) in [4.78, 5) is 2.47. The smallest absolute Gasteiger partial charge is 0.0543 e. The molecule has 9 aromatic rings. The molecule has 0 unspecified atom stereocenters. The van der Waals surface area contributed by atoms with Crippen molar-refractivity contribution < 1.29 is 0 Å². The van der Waals surface area contributed by atoms with Gasteiger partial charge in [0.15, 0.2) is 0 Å². The van der Waals surface area contributed by atoms with E-state index in [2.05, 4.69) is 234 Å². The predicted octanol–water partition coefficient (Wildman–Crippen LogP) is 17.1. The Balaban J connectivity index is 1.07. The van der Waals surface area contributed by atoms with E-state index < -0.39 is 0 Å². The van der Waals surface area contributed by atoms with Gasteiger partial charge in [-0.3, -0.25) is 0 Å². The fraction of sp³-hybridized carbons (Fsp3) is 0.180. The zero-order chi connectivity index (χ0) is 42.4. The highest BCUT2D eigenvalue weighted by atomic mass is 15.1. The van der Waals surface area contributed by atoms with Gasteiger partial charge in [0.2, 0.25) is 0 Å². The van der Waals surface area contributed by atoms with Gasteiger partial charge >= 0.3 is 0 Å². The number of fused-ring (bicyclic) bond motifs is 7. The standard InChI is InChI=1S/C61H53N/c1-59(2)34-35-60(3,4)57-37-43(30-33-55(57)59)40-24-26-42(27-25-40)52-38-53-50-22-14-15-23-54(50)61(5,6)56(53)39-58(52)62(45-17-8-7-9-18-45)46-31-28-41(29-32-46)51-36-44-16-10-11-19-47(44)48-20-12-13-21-49(48)51/h7-33,36-39H,34-35H2,1-6H3. The summed E-state index contributed by atoms with van der Waals surface area (Å²) in [5, 5.41) is 5.10. The molecule has 0 aliphatic heterocycles. The second kappa shape index (κ2) is 14.2. The number of hydrogen-bond acceptors (Lipinski definition) is 1. The van der Waals surface area contributed by atoms with E-state index in [1.807, 2.05) is 0 Å². The van der Waals surface area contributed by atoms with Gasteiger partial charge in [-0.05, 0) is 149 Å². The maximum Gasteiger partial charge on any atom is 0.0543 e. The lowest BCUT2D eigenvalue weighted by Gasteiger charge is -2.42. The monoisotopic (exact) mass is 799 g/mol. The molecule has 0 heterocycles. The summed E-state index contributed by atoms with van der Waals surface area (Å²) in [7, 11) is 0. The van der Waals surface area contributed by atoms with Crippen molar-refractivity contribution in [1.82, 2.24) is 0 Å². The fourth-order valence-corrected chi connectivity index (χ4v) is 10.9. The number of hydrogen-bond donors (Lipinski definition) is 0. The summed E-state index contributed by atoms with van der Waals surface area (Å²) >= 11 is 0. The molecule has 0 amide bonds. The molecule has 1 nitrogen and oxygen atoms in total. The highest BCUT2D eigenvalue weighted by molar-refractivity contribution is 6.13.